The van der Waals surface area contributed by atoms with E-state index >= 15 is 0 Å². The van der Waals surface area contributed by atoms with Gasteiger partial charge in [0.2, 0.25) is 0 Å². The van der Waals surface area contributed by atoms with E-state index in [1.54, 1.807) is 0 Å². The summed E-state index contributed by atoms with van der Waals surface area (Å²) in [6.07, 6.45) is 3.13. The predicted octanol–water partition coefficient (Wildman–Crippen LogP) is 4.09. The van der Waals surface area contributed by atoms with Gasteiger partial charge in [-0.25, -0.2) is 4.79 Å². The van der Waals surface area contributed by atoms with Crippen LogP contribution in [0.1, 0.15) is 31.2 Å². The third kappa shape index (κ3) is 7.02. The number of aryl methyl sites for hydroxylation is 1. The van der Waals surface area contributed by atoms with Crippen molar-refractivity contribution in [2.45, 2.75) is 37.7 Å². The normalized spacial score (nSPS) is 13.0. The Morgan fingerprint density at radius 3 is 2.11 bits per heavy atom. The zero-order chi connectivity index (χ0) is 20.4. The van der Waals surface area contributed by atoms with Gasteiger partial charge < -0.3 is 15.3 Å². The molecule has 0 saturated carbocycles. The smallest absolute Gasteiger partial charge is 0.337 e. The Morgan fingerprint density at radius 1 is 0.857 bits per heavy atom. The monoisotopic (exact) mass is 402 g/mol. The van der Waals surface area contributed by atoms with Gasteiger partial charge in [0.15, 0.2) is 5.60 Å². The summed E-state index contributed by atoms with van der Waals surface area (Å²) in [5.74, 6) is -2.22. The fourth-order valence-corrected chi connectivity index (χ4v) is 4.00. The quantitative estimate of drug-likeness (QED) is 0.463. The number of hydrogen-bond acceptors (Lipinski definition) is 4. The molecule has 0 amide bonds. The Labute approximate surface area is 169 Å². The first-order chi connectivity index (χ1) is 13.4. The van der Waals surface area contributed by atoms with Crippen LogP contribution in [-0.4, -0.2) is 44.4 Å². The van der Waals surface area contributed by atoms with Crippen LogP contribution in [0.3, 0.4) is 0 Å². The number of thioether (sulfide) groups is 1. The van der Waals surface area contributed by atoms with Crippen molar-refractivity contribution in [1.29, 1.82) is 0 Å². The maximum Gasteiger partial charge on any atom is 0.337 e. The van der Waals surface area contributed by atoms with E-state index < -0.39 is 24.0 Å². The van der Waals surface area contributed by atoms with Gasteiger partial charge in [0.1, 0.15) is 0 Å². The minimum absolute atomic E-state index is 0.115. The minimum atomic E-state index is -2.20. The van der Waals surface area contributed by atoms with Crippen molar-refractivity contribution in [3.05, 3.63) is 60.2 Å². The third-order valence-corrected chi connectivity index (χ3v) is 5.76. The molecule has 28 heavy (non-hydrogen) atoms. The number of carboxylic acid groups (broad SMARTS) is 2. The second-order valence-electron chi connectivity index (χ2n) is 6.83. The lowest BCUT2D eigenvalue weighted by atomic mass is 10.0. The second kappa shape index (κ2) is 10.9. The van der Waals surface area contributed by atoms with E-state index in [1.165, 1.54) is 28.5 Å². The molecule has 0 bridgehead atoms. The van der Waals surface area contributed by atoms with Gasteiger partial charge in [0, 0.05) is 5.75 Å². The van der Waals surface area contributed by atoms with Crippen LogP contribution in [-0.2, 0) is 16.0 Å². The average molecular weight is 403 g/mol. The van der Waals surface area contributed by atoms with Crippen molar-refractivity contribution in [2.24, 2.45) is 0 Å². The van der Waals surface area contributed by atoms with E-state index in [9.17, 15) is 14.7 Å². The highest BCUT2D eigenvalue weighted by molar-refractivity contribution is 7.99. The first kappa shape index (κ1) is 22.0. The van der Waals surface area contributed by atoms with Crippen molar-refractivity contribution in [3.8, 4) is 11.1 Å². The second-order valence-corrected chi connectivity index (χ2v) is 7.94. The molecule has 0 aliphatic carbocycles. The number of rotatable bonds is 12. The molecule has 0 unspecified atom stereocenters. The van der Waals surface area contributed by atoms with Gasteiger partial charge in [-0.3, -0.25) is 4.79 Å². The molecular formula is C22H26O5S. The van der Waals surface area contributed by atoms with Crippen LogP contribution >= 0.6 is 11.8 Å². The molecular weight excluding hydrogens is 376 g/mol. The molecule has 1 atom stereocenters. The first-order valence-corrected chi connectivity index (χ1v) is 10.5. The van der Waals surface area contributed by atoms with E-state index in [2.05, 4.69) is 36.4 Å². The molecule has 3 N–H and O–H groups in total. The van der Waals surface area contributed by atoms with Gasteiger partial charge in [0.05, 0.1) is 6.42 Å². The number of carbonyl (C=O) groups is 2. The summed E-state index contributed by atoms with van der Waals surface area (Å²) in [5, 5.41) is 27.7. The molecule has 2 aromatic rings. The van der Waals surface area contributed by atoms with Crippen LogP contribution < -0.4 is 0 Å². The molecule has 2 aromatic carbocycles. The SMILES string of the molecule is O=C(O)C[C@@](O)(CSCCCCCc1ccc(-c2ccccc2)cc1)C(=O)O. The summed E-state index contributed by atoms with van der Waals surface area (Å²) in [7, 11) is 0. The zero-order valence-electron chi connectivity index (χ0n) is 15.7. The molecule has 0 aromatic heterocycles. The van der Waals surface area contributed by atoms with Crippen molar-refractivity contribution in [2.75, 3.05) is 11.5 Å². The van der Waals surface area contributed by atoms with Gasteiger partial charge in [-0.2, -0.15) is 11.8 Å². The summed E-state index contributed by atoms with van der Waals surface area (Å²) in [6.45, 7) is 0. The van der Waals surface area contributed by atoms with Crippen molar-refractivity contribution in [3.63, 3.8) is 0 Å². The van der Waals surface area contributed by atoms with Crippen molar-refractivity contribution < 1.29 is 24.9 Å². The van der Waals surface area contributed by atoms with E-state index in [-0.39, 0.29) is 5.75 Å². The Morgan fingerprint density at radius 2 is 1.50 bits per heavy atom. The predicted molar refractivity (Wildman–Crippen MR) is 112 cm³/mol. The Bertz CT molecular complexity index is 760. The van der Waals surface area contributed by atoms with Crippen LogP contribution in [0.25, 0.3) is 11.1 Å². The van der Waals surface area contributed by atoms with Crippen LogP contribution in [0.2, 0.25) is 0 Å². The molecule has 2 rings (SSSR count). The van der Waals surface area contributed by atoms with Crippen LogP contribution in [0.5, 0.6) is 0 Å². The van der Waals surface area contributed by atoms with Crippen LogP contribution in [0.15, 0.2) is 54.6 Å². The highest BCUT2D eigenvalue weighted by Crippen LogP contribution is 2.21. The number of unbranched alkanes of at least 4 members (excludes halogenated alkanes) is 2. The van der Waals surface area contributed by atoms with Gasteiger partial charge in [-0.05, 0) is 41.7 Å². The Balaban J connectivity index is 1.65. The summed E-state index contributed by atoms with van der Waals surface area (Å²) in [5.41, 5.74) is 1.49. The van der Waals surface area contributed by atoms with Crippen LogP contribution in [0.4, 0.5) is 0 Å². The molecule has 0 saturated heterocycles. The number of hydrogen-bond donors (Lipinski definition) is 3. The van der Waals surface area contributed by atoms with Crippen LogP contribution in [0, 0.1) is 0 Å². The summed E-state index contributed by atoms with van der Waals surface area (Å²) < 4.78 is 0. The molecule has 6 heteroatoms. The maximum absolute atomic E-state index is 11.1. The molecule has 0 aliphatic rings. The summed E-state index contributed by atoms with van der Waals surface area (Å²) in [6, 6.07) is 18.8. The molecule has 0 spiro atoms. The fraction of sp³-hybridized carbons (Fsp3) is 0.364. The fourth-order valence-electron chi connectivity index (χ4n) is 2.88. The van der Waals surface area contributed by atoms with E-state index in [0.29, 0.717) is 5.75 Å². The topological polar surface area (TPSA) is 94.8 Å². The Hall–Kier alpha value is -2.31. The van der Waals surface area contributed by atoms with Gasteiger partial charge in [-0.1, -0.05) is 61.0 Å². The average Bonchev–Trinajstić information content (AvgIpc) is 2.68. The molecule has 0 aliphatic heterocycles. The largest absolute Gasteiger partial charge is 0.481 e. The van der Waals surface area contributed by atoms with E-state index in [1.807, 2.05) is 18.2 Å². The maximum atomic E-state index is 11.1. The molecule has 5 nitrogen and oxygen atoms in total. The highest BCUT2D eigenvalue weighted by Gasteiger charge is 2.38. The van der Waals surface area contributed by atoms with Gasteiger partial charge >= 0.3 is 11.9 Å². The van der Waals surface area contributed by atoms with Gasteiger partial charge in [-0.15, -0.1) is 0 Å². The lowest BCUT2D eigenvalue weighted by Crippen LogP contribution is -2.43. The molecule has 0 heterocycles. The summed E-state index contributed by atoms with van der Waals surface area (Å²) >= 11 is 1.28. The van der Waals surface area contributed by atoms with Crippen molar-refractivity contribution >= 4 is 23.7 Å². The standard InChI is InChI=1S/C22H26O5S/c23-20(24)15-22(27,21(25)26)16-28-14-6-2-3-7-17-10-12-19(13-11-17)18-8-4-1-5-9-18/h1,4-5,8-13,27H,2-3,6-7,14-16H2,(H,23,24)(H,25,26)/t22-/m1/s1. The lowest BCUT2D eigenvalue weighted by Gasteiger charge is -2.20. The highest BCUT2D eigenvalue weighted by atomic mass is 32.2. The number of benzene rings is 2. The lowest BCUT2D eigenvalue weighted by molar-refractivity contribution is -0.162. The molecule has 150 valence electrons. The number of aliphatic carboxylic acids is 2. The minimum Gasteiger partial charge on any atom is -0.481 e. The van der Waals surface area contributed by atoms with Gasteiger partial charge in [0.25, 0.3) is 0 Å². The Kier molecular flexibility index (Phi) is 8.54. The zero-order valence-corrected chi connectivity index (χ0v) is 16.5. The summed E-state index contributed by atoms with van der Waals surface area (Å²) in [4.78, 5) is 21.8. The number of aliphatic hydroxyl groups is 1. The first-order valence-electron chi connectivity index (χ1n) is 9.30. The molecule has 0 radical (unpaired) electrons. The molecule has 0 fully saturated rings. The third-order valence-electron chi connectivity index (χ3n) is 4.50. The van der Waals surface area contributed by atoms with E-state index in [4.69, 9.17) is 10.2 Å². The van der Waals surface area contributed by atoms with Crippen molar-refractivity contribution in [1.82, 2.24) is 0 Å². The number of carboxylic acids is 2. The van der Waals surface area contributed by atoms with E-state index in [0.717, 1.165) is 25.7 Å².